The molecule has 0 aliphatic carbocycles. The van der Waals surface area contributed by atoms with E-state index < -0.39 is 6.10 Å². The maximum absolute atomic E-state index is 10.0. The summed E-state index contributed by atoms with van der Waals surface area (Å²) in [5.74, 6) is 0. The number of ether oxygens (including phenoxy) is 1. The number of aliphatic hydroxyl groups excluding tert-OH is 1. The van der Waals surface area contributed by atoms with Gasteiger partial charge in [-0.15, -0.1) is 12.4 Å². The summed E-state index contributed by atoms with van der Waals surface area (Å²) in [6, 6.07) is 9.69. The third-order valence-corrected chi connectivity index (χ3v) is 2.47. The van der Waals surface area contributed by atoms with Crippen molar-refractivity contribution in [2.45, 2.75) is 12.1 Å². The Morgan fingerprint density at radius 3 is 2.67 bits per heavy atom. The number of hydrogen-bond acceptors (Lipinski definition) is 3. The molecule has 2 N–H and O–H groups in total. The van der Waals surface area contributed by atoms with Crippen molar-refractivity contribution in [3.8, 4) is 0 Å². The summed E-state index contributed by atoms with van der Waals surface area (Å²) in [6.45, 7) is 2.13. The fourth-order valence-electron chi connectivity index (χ4n) is 1.67. The van der Waals surface area contributed by atoms with Crippen molar-refractivity contribution in [1.82, 2.24) is 5.32 Å². The van der Waals surface area contributed by atoms with Gasteiger partial charge in [-0.2, -0.15) is 0 Å². The largest absolute Gasteiger partial charge is 0.387 e. The van der Waals surface area contributed by atoms with Crippen LogP contribution in [-0.2, 0) is 4.74 Å². The van der Waals surface area contributed by atoms with Gasteiger partial charge in [-0.1, -0.05) is 30.3 Å². The lowest BCUT2D eigenvalue weighted by Crippen LogP contribution is -2.45. The molecule has 15 heavy (non-hydrogen) atoms. The van der Waals surface area contributed by atoms with E-state index in [4.69, 9.17) is 4.74 Å². The Bertz CT molecular complexity index is 275. The molecular weight excluding hydrogens is 214 g/mol. The molecule has 1 heterocycles. The first-order valence-electron chi connectivity index (χ1n) is 4.92. The number of halogens is 1. The molecule has 1 unspecified atom stereocenters. The van der Waals surface area contributed by atoms with Crippen LogP contribution in [0.25, 0.3) is 0 Å². The third-order valence-electron chi connectivity index (χ3n) is 2.47. The lowest BCUT2D eigenvalue weighted by atomic mass is 10.0. The first-order valence-corrected chi connectivity index (χ1v) is 4.92. The number of nitrogens with one attached hydrogen (secondary N) is 1. The molecule has 1 aliphatic rings. The van der Waals surface area contributed by atoms with Gasteiger partial charge in [0.15, 0.2) is 0 Å². The Morgan fingerprint density at radius 2 is 2.07 bits per heavy atom. The second-order valence-corrected chi connectivity index (χ2v) is 3.49. The Balaban J connectivity index is 0.00000112. The lowest BCUT2D eigenvalue weighted by molar-refractivity contribution is 0.0177. The van der Waals surface area contributed by atoms with Gasteiger partial charge in [0, 0.05) is 6.54 Å². The van der Waals surface area contributed by atoms with E-state index in [0.717, 1.165) is 18.7 Å². The van der Waals surface area contributed by atoms with Crippen LogP contribution in [0.3, 0.4) is 0 Å². The summed E-state index contributed by atoms with van der Waals surface area (Å²) in [6.07, 6.45) is -0.475. The summed E-state index contributed by atoms with van der Waals surface area (Å²) < 4.78 is 5.30. The smallest absolute Gasteiger partial charge is 0.0965 e. The summed E-state index contributed by atoms with van der Waals surface area (Å²) >= 11 is 0. The van der Waals surface area contributed by atoms with Gasteiger partial charge in [-0.3, -0.25) is 0 Å². The van der Waals surface area contributed by atoms with E-state index in [-0.39, 0.29) is 18.4 Å². The summed E-state index contributed by atoms with van der Waals surface area (Å²) in [5.41, 5.74) is 0.940. The normalized spacial score (nSPS) is 22.9. The predicted molar refractivity (Wildman–Crippen MR) is 61.3 cm³/mol. The van der Waals surface area contributed by atoms with Crippen molar-refractivity contribution in [2.24, 2.45) is 0 Å². The SMILES string of the molecule is Cl.O[C@H](c1ccccc1)C1COCCN1. The monoisotopic (exact) mass is 229 g/mol. The molecule has 1 saturated heterocycles. The van der Waals surface area contributed by atoms with Crippen LogP contribution in [0.5, 0.6) is 0 Å². The molecule has 1 aromatic carbocycles. The van der Waals surface area contributed by atoms with Crippen LogP contribution >= 0.6 is 12.4 Å². The number of morpholine rings is 1. The molecule has 3 nitrogen and oxygen atoms in total. The maximum Gasteiger partial charge on any atom is 0.0965 e. The molecule has 1 aromatic rings. The Kier molecular flexibility index (Phi) is 5.05. The number of aliphatic hydroxyl groups is 1. The zero-order chi connectivity index (χ0) is 9.80. The van der Waals surface area contributed by atoms with Crippen molar-refractivity contribution < 1.29 is 9.84 Å². The highest BCUT2D eigenvalue weighted by Gasteiger charge is 2.22. The van der Waals surface area contributed by atoms with Gasteiger partial charge in [0.05, 0.1) is 25.4 Å². The topological polar surface area (TPSA) is 41.5 Å². The second kappa shape index (κ2) is 6.08. The predicted octanol–water partition coefficient (Wildman–Crippen LogP) is 1.13. The molecule has 0 radical (unpaired) electrons. The van der Waals surface area contributed by atoms with Crippen LogP contribution in [-0.4, -0.2) is 30.9 Å². The molecule has 0 saturated carbocycles. The maximum atomic E-state index is 10.0. The number of rotatable bonds is 2. The van der Waals surface area contributed by atoms with Crippen LogP contribution < -0.4 is 5.32 Å². The van der Waals surface area contributed by atoms with E-state index in [2.05, 4.69) is 5.32 Å². The number of benzene rings is 1. The van der Waals surface area contributed by atoms with Crippen molar-refractivity contribution >= 4 is 12.4 Å². The van der Waals surface area contributed by atoms with Crippen LogP contribution in [0, 0.1) is 0 Å². The number of hydrogen-bond donors (Lipinski definition) is 2. The quantitative estimate of drug-likeness (QED) is 0.799. The van der Waals surface area contributed by atoms with Crippen molar-refractivity contribution in [3.05, 3.63) is 35.9 Å². The van der Waals surface area contributed by atoms with Crippen LogP contribution in [0.2, 0.25) is 0 Å². The van der Waals surface area contributed by atoms with Crippen LogP contribution in [0.15, 0.2) is 30.3 Å². The van der Waals surface area contributed by atoms with Gasteiger partial charge < -0.3 is 15.2 Å². The molecule has 0 amide bonds. The van der Waals surface area contributed by atoms with Crippen molar-refractivity contribution in [1.29, 1.82) is 0 Å². The molecule has 2 atom stereocenters. The molecule has 4 heteroatoms. The lowest BCUT2D eigenvalue weighted by Gasteiger charge is -2.28. The van der Waals surface area contributed by atoms with Crippen LogP contribution in [0.1, 0.15) is 11.7 Å². The Labute approximate surface area is 95.9 Å². The van der Waals surface area contributed by atoms with Crippen molar-refractivity contribution in [2.75, 3.05) is 19.8 Å². The molecule has 0 aromatic heterocycles. The average molecular weight is 230 g/mol. The van der Waals surface area contributed by atoms with E-state index in [1.807, 2.05) is 30.3 Å². The Morgan fingerprint density at radius 1 is 1.33 bits per heavy atom. The highest BCUT2D eigenvalue weighted by molar-refractivity contribution is 5.85. The minimum absolute atomic E-state index is 0. The van der Waals surface area contributed by atoms with Gasteiger partial charge in [-0.25, -0.2) is 0 Å². The van der Waals surface area contributed by atoms with E-state index in [1.165, 1.54) is 0 Å². The first-order chi connectivity index (χ1) is 6.88. The zero-order valence-electron chi connectivity index (χ0n) is 8.43. The average Bonchev–Trinajstić information content (AvgIpc) is 2.30. The summed E-state index contributed by atoms with van der Waals surface area (Å²) in [7, 11) is 0. The summed E-state index contributed by atoms with van der Waals surface area (Å²) in [5, 5.41) is 13.2. The van der Waals surface area contributed by atoms with Crippen molar-refractivity contribution in [3.63, 3.8) is 0 Å². The molecule has 2 rings (SSSR count). The highest BCUT2D eigenvalue weighted by Crippen LogP contribution is 2.17. The fraction of sp³-hybridized carbons (Fsp3) is 0.455. The minimum Gasteiger partial charge on any atom is -0.387 e. The molecule has 1 fully saturated rings. The summed E-state index contributed by atoms with van der Waals surface area (Å²) in [4.78, 5) is 0. The molecule has 84 valence electrons. The second-order valence-electron chi connectivity index (χ2n) is 3.49. The van der Waals surface area contributed by atoms with E-state index in [9.17, 15) is 5.11 Å². The molecule has 1 aliphatic heterocycles. The van der Waals surface area contributed by atoms with E-state index in [1.54, 1.807) is 0 Å². The first kappa shape index (κ1) is 12.5. The molecular formula is C11H16ClNO2. The van der Waals surface area contributed by atoms with Gasteiger partial charge in [-0.05, 0) is 5.56 Å². The standard InChI is InChI=1S/C11H15NO2.ClH/c13-11(9-4-2-1-3-5-9)10-8-14-7-6-12-10;/h1-5,10-13H,6-8H2;1H/t10?,11-;/m1./s1. The fourth-order valence-corrected chi connectivity index (χ4v) is 1.67. The van der Waals surface area contributed by atoms with Gasteiger partial charge >= 0.3 is 0 Å². The minimum atomic E-state index is -0.475. The van der Waals surface area contributed by atoms with Gasteiger partial charge in [0.25, 0.3) is 0 Å². The van der Waals surface area contributed by atoms with E-state index in [0.29, 0.717) is 6.61 Å². The van der Waals surface area contributed by atoms with Crippen LogP contribution in [0.4, 0.5) is 0 Å². The molecule has 0 spiro atoms. The van der Waals surface area contributed by atoms with Gasteiger partial charge in [0.1, 0.15) is 0 Å². The highest BCUT2D eigenvalue weighted by atomic mass is 35.5. The zero-order valence-corrected chi connectivity index (χ0v) is 9.24. The Hall–Kier alpha value is -0.610. The molecule has 0 bridgehead atoms. The van der Waals surface area contributed by atoms with Gasteiger partial charge in [0.2, 0.25) is 0 Å². The van der Waals surface area contributed by atoms with E-state index >= 15 is 0 Å². The third kappa shape index (κ3) is 3.18.